The van der Waals surface area contributed by atoms with E-state index in [2.05, 4.69) is 41.5 Å². The van der Waals surface area contributed by atoms with Crippen molar-refractivity contribution >= 4 is 17.3 Å². The molecule has 5 heteroatoms. The van der Waals surface area contributed by atoms with Crippen LogP contribution < -0.4 is 9.47 Å². The fraction of sp³-hybridized carbons (Fsp3) is 0.250. The van der Waals surface area contributed by atoms with Gasteiger partial charge >= 0.3 is 0 Å². The number of ether oxygens (including phenoxy) is 2. The van der Waals surface area contributed by atoms with E-state index in [0.29, 0.717) is 18.9 Å². The number of fused-ring (bicyclic) bond motifs is 2. The van der Waals surface area contributed by atoms with E-state index in [1.807, 2.05) is 41.3 Å². The molecule has 4 aromatic rings. The Kier molecular flexibility index (Phi) is 6.03. The summed E-state index contributed by atoms with van der Waals surface area (Å²) in [6, 6.07) is 22.6. The zero-order valence-corrected chi connectivity index (χ0v) is 18.8. The van der Waals surface area contributed by atoms with Crippen LogP contribution in [0.4, 0.5) is 0 Å². The van der Waals surface area contributed by atoms with Crippen LogP contribution in [0.3, 0.4) is 0 Å². The molecule has 5 nitrogen and oxygen atoms in total. The Bertz CT molecular complexity index is 1250. The monoisotopic (exact) mass is 440 g/mol. The van der Waals surface area contributed by atoms with E-state index >= 15 is 0 Å². The van der Waals surface area contributed by atoms with Gasteiger partial charge in [0.25, 0.3) is 0 Å². The summed E-state index contributed by atoms with van der Waals surface area (Å²) in [7, 11) is 1.67. The number of nitrogens with zero attached hydrogens (tertiary/aromatic N) is 1. The molecule has 0 saturated carbocycles. The minimum absolute atomic E-state index is 0.00453. The number of aromatic amines is 1. The van der Waals surface area contributed by atoms with Crippen LogP contribution in [0, 0.1) is 0 Å². The first-order valence-electron chi connectivity index (χ1n) is 11.4. The highest BCUT2D eigenvalue weighted by atomic mass is 16.5. The van der Waals surface area contributed by atoms with Crippen molar-refractivity contribution in [1.82, 2.24) is 9.88 Å². The zero-order valence-electron chi connectivity index (χ0n) is 18.8. The molecule has 1 aromatic heterocycles. The smallest absolute Gasteiger partial charge is 0.210 e. The molecule has 1 aliphatic heterocycles. The van der Waals surface area contributed by atoms with E-state index in [-0.39, 0.29) is 6.04 Å². The number of aryl methyl sites for hydroxylation is 1. The van der Waals surface area contributed by atoms with Crippen molar-refractivity contribution in [2.45, 2.75) is 31.9 Å². The summed E-state index contributed by atoms with van der Waals surface area (Å²) in [5.41, 5.74) is 5.89. The summed E-state index contributed by atoms with van der Waals surface area (Å²) in [5, 5.41) is 1.24. The Morgan fingerprint density at radius 2 is 1.88 bits per heavy atom. The van der Waals surface area contributed by atoms with Crippen LogP contribution in [-0.2, 0) is 24.2 Å². The van der Waals surface area contributed by atoms with Gasteiger partial charge in [0, 0.05) is 23.6 Å². The maximum atomic E-state index is 11.9. The lowest BCUT2D eigenvalue weighted by molar-refractivity contribution is -0.120. The maximum absolute atomic E-state index is 11.9. The number of H-pyrrole nitrogens is 1. The lowest BCUT2D eigenvalue weighted by Gasteiger charge is -2.35. The SMILES string of the molecule is COc1cc2c(cc1OCc1ccccc1)C(CCc1c[nH]c3ccccc13)N(C=O)CC2. The molecule has 0 spiro atoms. The summed E-state index contributed by atoms with van der Waals surface area (Å²) in [6.45, 7) is 1.18. The summed E-state index contributed by atoms with van der Waals surface area (Å²) in [6.07, 6.45) is 5.61. The Labute approximate surface area is 193 Å². The molecule has 1 N–H and O–H groups in total. The molecule has 2 heterocycles. The highest BCUT2D eigenvalue weighted by Gasteiger charge is 2.28. The van der Waals surface area contributed by atoms with Crippen LogP contribution in [-0.4, -0.2) is 29.9 Å². The van der Waals surface area contributed by atoms with Crippen molar-refractivity contribution in [3.63, 3.8) is 0 Å². The summed E-state index contributed by atoms with van der Waals surface area (Å²) in [4.78, 5) is 17.2. The first kappa shape index (κ1) is 21.1. The van der Waals surface area contributed by atoms with Crippen molar-refractivity contribution in [2.75, 3.05) is 13.7 Å². The van der Waals surface area contributed by atoms with Gasteiger partial charge < -0.3 is 19.4 Å². The van der Waals surface area contributed by atoms with Gasteiger partial charge in [-0.1, -0.05) is 48.5 Å². The average Bonchev–Trinajstić information content (AvgIpc) is 3.29. The van der Waals surface area contributed by atoms with E-state index in [4.69, 9.17) is 9.47 Å². The first-order chi connectivity index (χ1) is 16.3. The minimum atomic E-state index is 0.00453. The van der Waals surface area contributed by atoms with Gasteiger partial charge in [0.05, 0.1) is 13.2 Å². The molecule has 5 rings (SSSR count). The van der Waals surface area contributed by atoms with E-state index in [9.17, 15) is 4.79 Å². The summed E-state index contributed by atoms with van der Waals surface area (Å²) in [5.74, 6) is 1.45. The minimum Gasteiger partial charge on any atom is -0.493 e. The van der Waals surface area contributed by atoms with Gasteiger partial charge in [0.15, 0.2) is 11.5 Å². The third-order valence-electron chi connectivity index (χ3n) is 6.56. The van der Waals surface area contributed by atoms with Crippen molar-refractivity contribution in [3.8, 4) is 11.5 Å². The van der Waals surface area contributed by atoms with Gasteiger partial charge in [-0.25, -0.2) is 0 Å². The topological polar surface area (TPSA) is 54.6 Å². The van der Waals surface area contributed by atoms with E-state index in [1.54, 1.807) is 7.11 Å². The molecule has 0 fully saturated rings. The number of hydrogen-bond acceptors (Lipinski definition) is 3. The van der Waals surface area contributed by atoms with Gasteiger partial charge in [0.1, 0.15) is 6.61 Å². The highest BCUT2D eigenvalue weighted by Crippen LogP contribution is 2.40. The fourth-order valence-corrected chi connectivity index (χ4v) is 4.81. The van der Waals surface area contributed by atoms with Crippen molar-refractivity contribution in [1.29, 1.82) is 0 Å². The largest absolute Gasteiger partial charge is 0.493 e. The number of benzene rings is 3. The predicted octanol–water partition coefficient (Wildman–Crippen LogP) is 5.44. The Hall–Kier alpha value is -3.73. The number of methoxy groups -OCH3 is 1. The Balaban J connectivity index is 1.42. The number of amides is 1. The quantitative estimate of drug-likeness (QED) is 0.371. The zero-order chi connectivity index (χ0) is 22.6. The maximum Gasteiger partial charge on any atom is 0.210 e. The number of rotatable bonds is 8. The third-order valence-corrected chi connectivity index (χ3v) is 6.56. The number of hydrogen-bond donors (Lipinski definition) is 1. The molecule has 0 saturated heterocycles. The van der Waals surface area contributed by atoms with E-state index in [1.165, 1.54) is 16.5 Å². The Morgan fingerprint density at radius 3 is 2.70 bits per heavy atom. The van der Waals surface area contributed by atoms with Crippen LogP contribution in [0.15, 0.2) is 72.9 Å². The van der Waals surface area contributed by atoms with Gasteiger partial charge in [-0.3, -0.25) is 4.79 Å². The summed E-state index contributed by atoms with van der Waals surface area (Å²) >= 11 is 0. The molecular formula is C28H28N2O3. The van der Waals surface area contributed by atoms with E-state index < -0.39 is 0 Å². The number of para-hydroxylation sites is 1. The van der Waals surface area contributed by atoms with Crippen LogP contribution in [0.2, 0.25) is 0 Å². The number of aromatic nitrogens is 1. The van der Waals surface area contributed by atoms with Crippen LogP contribution in [0.25, 0.3) is 10.9 Å². The van der Waals surface area contributed by atoms with E-state index in [0.717, 1.165) is 48.1 Å². The third kappa shape index (κ3) is 4.31. The normalized spacial score (nSPS) is 15.3. The second-order valence-corrected chi connectivity index (χ2v) is 8.48. The fourth-order valence-electron chi connectivity index (χ4n) is 4.81. The molecular weight excluding hydrogens is 412 g/mol. The number of carbonyl (C=O) groups is 1. The molecule has 0 radical (unpaired) electrons. The lowest BCUT2D eigenvalue weighted by atomic mass is 9.88. The van der Waals surface area contributed by atoms with Crippen molar-refractivity contribution < 1.29 is 14.3 Å². The van der Waals surface area contributed by atoms with Gasteiger partial charge in [-0.2, -0.15) is 0 Å². The predicted molar refractivity (Wildman–Crippen MR) is 130 cm³/mol. The molecule has 168 valence electrons. The number of nitrogens with one attached hydrogen (secondary N) is 1. The molecule has 1 atom stereocenters. The highest BCUT2D eigenvalue weighted by molar-refractivity contribution is 5.83. The first-order valence-corrected chi connectivity index (χ1v) is 11.4. The molecule has 0 bridgehead atoms. The molecule has 0 aliphatic carbocycles. The van der Waals surface area contributed by atoms with Crippen LogP contribution in [0.5, 0.6) is 11.5 Å². The average molecular weight is 441 g/mol. The van der Waals surface area contributed by atoms with Crippen LogP contribution >= 0.6 is 0 Å². The van der Waals surface area contributed by atoms with Gasteiger partial charge in [0.2, 0.25) is 6.41 Å². The molecule has 33 heavy (non-hydrogen) atoms. The molecule has 1 aliphatic rings. The molecule has 3 aromatic carbocycles. The van der Waals surface area contributed by atoms with Crippen molar-refractivity contribution in [2.24, 2.45) is 0 Å². The van der Waals surface area contributed by atoms with Gasteiger partial charge in [-0.15, -0.1) is 0 Å². The van der Waals surface area contributed by atoms with Crippen molar-refractivity contribution in [3.05, 3.63) is 95.2 Å². The number of carbonyl (C=O) groups excluding carboxylic acids is 1. The lowest BCUT2D eigenvalue weighted by Crippen LogP contribution is -2.34. The Morgan fingerprint density at radius 1 is 1.06 bits per heavy atom. The second kappa shape index (κ2) is 9.41. The van der Waals surface area contributed by atoms with Crippen LogP contribution in [0.1, 0.15) is 34.7 Å². The molecule has 1 unspecified atom stereocenters. The molecule has 1 amide bonds. The van der Waals surface area contributed by atoms with Gasteiger partial charge in [-0.05, 0) is 59.7 Å². The second-order valence-electron chi connectivity index (χ2n) is 8.48. The standard InChI is InChI=1S/C28H28N2O3/c1-32-27-15-21-13-14-30(19-31)26(12-11-22-17-29-25-10-6-5-9-23(22)25)24(21)16-28(27)33-18-20-7-3-2-4-8-20/h2-10,15-17,19,26,29H,11-14,18H2,1H3. The summed E-state index contributed by atoms with van der Waals surface area (Å²) < 4.78 is 11.8.